The quantitative estimate of drug-likeness (QED) is 0.626. The van der Waals surface area contributed by atoms with Gasteiger partial charge in [0.2, 0.25) is 11.8 Å². The van der Waals surface area contributed by atoms with E-state index in [4.69, 9.17) is 4.74 Å². The van der Waals surface area contributed by atoms with Crippen LogP contribution in [0, 0.1) is 17.8 Å². The highest BCUT2D eigenvalue weighted by atomic mass is 16.5. The summed E-state index contributed by atoms with van der Waals surface area (Å²) in [4.78, 5) is 48.9. The lowest BCUT2D eigenvalue weighted by molar-refractivity contribution is -0.156. The Bertz CT molecular complexity index is 991. The van der Waals surface area contributed by atoms with E-state index in [0.717, 1.165) is 10.4 Å². The van der Waals surface area contributed by atoms with Gasteiger partial charge >= 0.3 is 5.97 Å². The number of hydrogen-bond acceptors (Lipinski definition) is 7. The second kappa shape index (κ2) is 6.34. The zero-order chi connectivity index (χ0) is 20.2. The Morgan fingerprint density at radius 2 is 1.89 bits per heavy atom. The van der Waals surface area contributed by atoms with Gasteiger partial charge in [-0.1, -0.05) is 26.0 Å². The van der Waals surface area contributed by atoms with E-state index < -0.39 is 29.4 Å². The first-order chi connectivity index (χ1) is 13.3. The summed E-state index contributed by atoms with van der Waals surface area (Å²) in [5.74, 6) is -3.13. The molecule has 2 saturated heterocycles. The number of benzene rings is 1. The number of ether oxygens (including phenoxy) is 1. The first-order valence-electron chi connectivity index (χ1n) is 9.22. The van der Waals surface area contributed by atoms with Crippen LogP contribution in [0.25, 0.3) is 11.0 Å². The van der Waals surface area contributed by atoms with E-state index >= 15 is 0 Å². The van der Waals surface area contributed by atoms with Crippen molar-refractivity contribution in [3.63, 3.8) is 0 Å². The third-order valence-electron chi connectivity index (χ3n) is 6.04. The molecule has 0 radical (unpaired) electrons. The van der Waals surface area contributed by atoms with Crippen molar-refractivity contribution >= 4 is 28.8 Å². The first-order valence-corrected chi connectivity index (χ1v) is 9.22. The predicted octanol–water partition coefficient (Wildman–Crippen LogP) is 1.07. The van der Waals surface area contributed by atoms with E-state index in [1.54, 1.807) is 6.20 Å². The molecule has 0 saturated carbocycles. The first kappa shape index (κ1) is 18.5. The number of likely N-dealkylation sites (tertiary alicyclic amines) is 1. The van der Waals surface area contributed by atoms with Gasteiger partial charge in [-0.25, -0.2) is 4.98 Å². The number of carbonyl (C=O) groups is 3. The second-order valence-corrected chi connectivity index (χ2v) is 7.66. The maximum Gasteiger partial charge on any atom is 0.327 e. The summed E-state index contributed by atoms with van der Waals surface area (Å²) in [5, 5.41) is 3.27. The molecular formula is C20H22N4O4. The van der Waals surface area contributed by atoms with Crippen molar-refractivity contribution in [1.82, 2.24) is 20.2 Å². The molecule has 0 aliphatic carbocycles. The molecule has 0 spiro atoms. The van der Waals surface area contributed by atoms with Crippen LogP contribution in [0.1, 0.15) is 25.6 Å². The highest BCUT2D eigenvalue weighted by Gasteiger charge is 2.69. The molecular weight excluding hydrogens is 360 g/mol. The molecule has 2 amide bonds. The Morgan fingerprint density at radius 3 is 2.54 bits per heavy atom. The molecule has 3 heterocycles. The van der Waals surface area contributed by atoms with E-state index in [1.807, 2.05) is 38.1 Å². The lowest BCUT2D eigenvalue weighted by atomic mass is 9.73. The number of methoxy groups -OCH3 is 1. The maximum atomic E-state index is 12.9. The molecule has 4 rings (SSSR count). The minimum absolute atomic E-state index is 0.283. The number of para-hydroxylation sites is 2. The summed E-state index contributed by atoms with van der Waals surface area (Å²) in [6.45, 7) is 3.68. The van der Waals surface area contributed by atoms with Crippen LogP contribution >= 0.6 is 0 Å². The summed E-state index contributed by atoms with van der Waals surface area (Å²) >= 11 is 0. The van der Waals surface area contributed by atoms with Crippen LogP contribution in [0.5, 0.6) is 0 Å². The summed E-state index contributed by atoms with van der Waals surface area (Å²) in [7, 11) is 2.74. The van der Waals surface area contributed by atoms with E-state index in [9.17, 15) is 14.4 Å². The van der Waals surface area contributed by atoms with Gasteiger partial charge in [0.1, 0.15) is 5.54 Å². The fourth-order valence-corrected chi connectivity index (χ4v) is 4.58. The zero-order valence-corrected chi connectivity index (χ0v) is 16.2. The molecule has 28 heavy (non-hydrogen) atoms. The van der Waals surface area contributed by atoms with E-state index in [0.29, 0.717) is 11.2 Å². The van der Waals surface area contributed by atoms with Crippen molar-refractivity contribution in [2.24, 2.45) is 17.8 Å². The highest BCUT2D eigenvalue weighted by Crippen LogP contribution is 2.51. The standard InChI is InChI=1S/C20H22N4O4/c1-10(2)20(19(27)28-4)15-14(17(25)24(3)18(15)26)16(23-20)13-9-21-11-7-5-6-8-12(11)22-13/h5-10,14-16,23H,1-4H3/t14-,15-,16-,20-/m0/s1. The molecule has 0 bridgehead atoms. The third kappa shape index (κ3) is 2.30. The molecule has 1 aromatic heterocycles. The van der Waals surface area contributed by atoms with Crippen molar-refractivity contribution in [1.29, 1.82) is 0 Å². The van der Waals surface area contributed by atoms with Crippen molar-refractivity contribution in [2.45, 2.75) is 25.4 Å². The van der Waals surface area contributed by atoms with Crippen molar-refractivity contribution in [3.05, 3.63) is 36.2 Å². The number of rotatable bonds is 3. The predicted molar refractivity (Wildman–Crippen MR) is 99.8 cm³/mol. The van der Waals surface area contributed by atoms with Gasteiger partial charge in [0.15, 0.2) is 0 Å². The minimum Gasteiger partial charge on any atom is -0.468 e. The van der Waals surface area contributed by atoms with E-state index in [-0.39, 0.29) is 17.7 Å². The van der Waals surface area contributed by atoms with Crippen LogP contribution in [0.2, 0.25) is 0 Å². The number of fused-ring (bicyclic) bond motifs is 2. The molecule has 1 aromatic carbocycles. The lowest BCUT2D eigenvalue weighted by Gasteiger charge is -2.35. The van der Waals surface area contributed by atoms with Gasteiger partial charge in [0.05, 0.1) is 47.9 Å². The third-order valence-corrected chi connectivity index (χ3v) is 6.04. The SMILES string of the molecule is COC(=O)[C@@]1(C(C)C)N[C@@H](c2cnc3ccccc3n2)[C@H]2C(=O)N(C)C(=O)[C@H]21. The van der Waals surface area contributed by atoms with Gasteiger partial charge in [0, 0.05) is 7.05 Å². The number of nitrogens with zero attached hydrogens (tertiary/aromatic N) is 3. The molecule has 146 valence electrons. The summed E-state index contributed by atoms with van der Waals surface area (Å²) in [6.07, 6.45) is 1.60. The Labute approximate surface area is 162 Å². The zero-order valence-electron chi connectivity index (χ0n) is 16.2. The summed E-state index contributed by atoms with van der Waals surface area (Å²) in [5.41, 5.74) is 0.629. The van der Waals surface area contributed by atoms with Gasteiger partial charge in [0.25, 0.3) is 0 Å². The average molecular weight is 382 g/mol. The fourth-order valence-electron chi connectivity index (χ4n) is 4.58. The van der Waals surface area contributed by atoms with Crippen LogP contribution in [0.4, 0.5) is 0 Å². The minimum atomic E-state index is -1.31. The van der Waals surface area contributed by atoms with Crippen LogP contribution in [0.15, 0.2) is 30.5 Å². The molecule has 4 atom stereocenters. The van der Waals surface area contributed by atoms with Gasteiger partial charge in [-0.15, -0.1) is 0 Å². The monoisotopic (exact) mass is 382 g/mol. The number of amides is 2. The molecule has 8 nitrogen and oxygen atoms in total. The second-order valence-electron chi connectivity index (χ2n) is 7.66. The Balaban J connectivity index is 1.89. The van der Waals surface area contributed by atoms with Gasteiger partial charge in [-0.05, 0) is 18.1 Å². The normalized spacial score (nSPS) is 29.6. The Morgan fingerprint density at radius 1 is 1.21 bits per heavy atom. The fraction of sp³-hybridized carbons (Fsp3) is 0.450. The van der Waals surface area contributed by atoms with Crippen LogP contribution in [-0.4, -0.2) is 52.3 Å². The number of imide groups is 1. The van der Waals surface area contributed by atoms with Gasteiger partial charge < -0.3 is 4.74 Å². The largest absolute Gasteiger partial charge is 0.468 e. The molecule has 2 aliphatic rings. The maximum absolute atomic E-state index is 12.9. The number of esters is 1. The number of aromatic nitrogens is 2. The summed E-state index contributed by atoms with van der Waals surface area (Å²) < 4.78 is 5.06. The molecule has 2 aliphatic heterocycles. The van der Waals surface area contributed by atoms with Gasteiger partial charge in [-0.2, -0.15) is 0 Å². The Hall–Kier alpha value is -2.87. The van der Waals surface area contributed by atoms with Crippen molar-refractivity contribution < 1.29 is 19.1 Å². The molecule has 0 unspecified atom stereocenters. The van der Waals surface area contributed by atoms with E-state index in [1.165, 1.54) is 14.2 Å². The van der Waals surface area contributed by atoms with Crippen molar-refractivity contribution in [3.8, 4) is 0 Å². The summed E-state index contributed by atoms with van der Waals surface area (Å²) in [6, 6.07) is 6.79. The lowest BCUT2D eigenvalue weighted by Crippen LogP contribution is -2.59. The van der Waals surface area contributed by atoms with Gasteiger partial charge in [-0.3, -0.25) is 29.6 Å². The van der Waals surface area contributed by atoms with Crippen LogP contribution in [-0.2, 0) is 19.1 Å². The number of hydrogen-bond donors (Lipinski definition) is 1. The topological polar surface area (TPSA) is 101 Å². The molecule has 2 fully saturated rings. The van der Waals surface area contributed by atoms with Crippen LogP contribution in [0.3, 0.4) is 0 Å². The number of nitrogens with one attached hydrogen (secondary N) is 1. The van der Waals surface area contributed by atoms with E-state index in [2.05, 4.69) is 15.3 Å². The number of carbonyl (C=O) groups excluding carboxylic acids is 3. The molecule has 2 aromatic rings. The average Bonchev–Trinajstić information content (AvgIpc) is 3.18. The Kier molecular flexibility index (Phi) is 4.19. The smallest absolute Gasteiger partial charge is 0.327 e. The molecule has 8 heteroatoms. The molecule has 1 N–H and O–H groups in total. The van der Waals surface area contributed by atoms with Crippen molar-refractivity contribution in [2.75, 3.05) is 14.2 Å². The van der Waals surface area contributed by atoms with Crippen LogP contribution < -0.4 is 5.32 Å². The highest BCUT2D eigenvalue weighted by molar-refractivity contribution is 6.09.